The highest BCUT2D eigenvalue weighted by Gasteiger charge is 2.48. The summed E-state index contributed by atoms with van der Waals surface area (Å²) in [5.41, 5.74) is -1.63. The van der Waals surface area contributed by atoms with Crippen molar-refractivity contribution < 1.29 is 23.5 Å². The standard InChI is InChI=1S/C14H24FNO4/c1-13(2,3)20-12(18)16-7-6-10(8-15)14(4,9-16)11(17)19-5/h10H,6-9H2,1-5H3. The highest BCUT2D eigenvalue weighted by molar-refractivity contribution is 5.78. The molecule has 6 heteroatoms. The maximum atomic E-state index is 13.1. The van der Waals surface area contributed by atoms with Gasteiger partial charge in [0.15, 0.2) is 0 Å². The molecule has 0 aliphatic carbocycles. The third kappa shape index (κ3) is 3.61. The largest absolute Gasteiger partial charge is 0.469 e. The van der Waals surface area contributed by atoms with Gasteiger partial charge in [-0.15, -0.1) is 0 Å². The van der Waals surface area contributed by atoms with Crippen molar-refractivity contribution in [3.8, 4) is 0 Å². The van der Waals surface area contributed by atoms with Crippen LogP contribution < -0.4 is 0 Å². The van der Waals surface area contributed by atoms with Crippen molar-refractivity contribution in [3.63, 3.8) is 0 Å². The molecule has 0 spiro atoms. The van der Waals surface area contributed by atoms with Crippen molar-refractivity contribution >= 4 is 12.1 Å². The first kappa shape index (κ1) is 16.7. The van der Waals surface area contributed by atoms with Crippen LogP contribution in [0.5, 0.6) is 0 Å². The Morgan fingerprint density at radius 1 is 1.40 bits per heavy atom. The van der Waals surface area contributed by atoms with E-state index in [9.17, 15) is 14.0 Å². The summed E-state index contributed by atoms with van der Waals surface area (Å²) in [6.07, 6.45) is -0.0635. The zero-order valence-corrected chi connectivity index (χ0v) is 12.9. The predicted octanol–water partition coefficient (Wildman–Crippen LogP) is 2.39. The predicted molar refractivity (Wildman–Crippen MR) is 72.0 cm³/mol. The van der Waals surface area contributed by atoms with Crippen LogP contribution in [0, 0.1) is 11.3 Å². The number of esters is 1. The zero-order chi connectivity index (χ0) is 15.6. The second-order valence-corrected chi connectivity index (χ2v) is 6.45. The molecular formula is C14H24FNO4. The van der Waals surface area contributed by atoms with Crippen LogP contribution in [0.15, 0.2) is 0 Å². The number of methoxy groups -OCH3 is 1. The minimum absolute atomic E-state index is 0.114. The summed E-state index contributed by atoms with van der Waals surface area (Å²) in [5.74, 6) is -0.929. The molecule has 0 saturated carbocycles. The van der Waals surface area contributed by atoms with E-state index in [-0.39, 0.29) is 6.54 Å². The van der Waals surface area contributed by atoms with Gasteiger partial charge in [-0.25, -0.2) is 4.79 Å². The molecule has 5 nitrogen and oxygen atoms in total. The van der Waals surface area contributed by atoms with Gasteiger partial charge in [-0.3, -0.25) is 9.18 Å². The lowest BCUT2D eigenvalue weighted by Gasteiger charge is -2.43. The molecule has 0 aromatic carbocycles. The summed E-state index contributed by atoms with van der Waals surface area (Å²) in [7, 11) is 1.27. The number of carbonyl (C=O) groups excluding carboxylic acids is 2. The monoisotopic (exact) mass is 289 g/mol. The molecule has 0 N–H and O–H groups in total. The summed E-state index contributed by atoms with van der Waals surface area (Å²) in [6, 6.07) is 0. The molecule has 1 heterocycles. The third-order valence-electron chi connectivity index (χ3n) is 3.66. The number of halogens is 1. The second-order valence-electron chi connectivity index (χ2n) is 6.45. The molecule has 2 unspecified atom stereocenters. The lowest BCUT2D eigenvalue weighted by atomic mass is 9.73. The molecule has 1 aliphatic heterocycles. The fourth-order valence-electron chi connectivity index (χ4n) is 2.43. The van der Waals surface area contributed by atoms with Crippen LogP contribution in [0.4, 0.5) is 9.18 Å². The zero-order valence-electron chi connectivity index (χ0n) is 12.9. The lowest BCUT2D eigenvalue weighted by molar-refractivity contribution is -0.159. The van der Waals surface area contributed by atoms with Crippen LogP contribution in [0.1, 0.15) is 34.1 Å². The smallest absolute Gasteiger partial charge is 0.410 e. The van der Waals surface area contributed by atoms with Gasteiger partial charge >= 0.3 is 12.1 Å². The molecule has 0 aromatic rings. The van der Waals surface area contributed by atoms with Gasteiger partial charge in [-0.2, -0.15) is 0 Å². The van der Waals surface area contributed by atoms with Crippen LogP contribution in [-0.4, -0.2) is 49.4 Å². The Bertz CT molecular complexity index is 380. The van der Waals surface area contributed by atoms with Gasteiger partial charge in [0.25, 0.3) is 0 Å². The average molecular weight is 289 g/mol. The summed E-state index contributed by atoms with van der Waals surface area (Å²) >= 11 is 0. The maximum absolute atomic E-state index is 13.1. The van der Waals surface area contributed by atoms with E-state index >= 15 is 0 Å². The normalized spacial score (nSPS) is 27.1. The van der Waals surface area contributed by atoms with E-state index in [4.69, 9.17) is 9.47 Å². The number of piperidine rings is 1. The number of amides is 1. The van der Waals surface area contributed by atoms with Gasteiger partial charge in [-0.1, -0.05) is 0 Å². The van der Waals surface area contributed by atoms with Crippen LogP contribution >= 0.6 is 0 Å². The van der Waals surface area contributed by atoms with E-state index in [1.54, 1.807) is 27.7 Å². The number of carbonyl (C=O) groups is 2. The van der Waals surface area contributed by atoms with Crippen LogP contribution in [0.3, 0.4) is 0 Å². The highest BCUT2D eigenvalue weighted by Crippen LogP contribution is 2.37. The van der Waals surface area contributed by atoms with Crippen molar-refractivity contribution in [2.75, 3.05) is 26.9 Å². The number of ether oxygens (including phenoxy) is 2. The van der Waals surface area contributed by atoms with E-state index in [1.807, 2.05) is 0 Å². The molecule has 0 bridgehead atoms. The topological polar surface area (TPSA) is 55.8 Å². The molecule has 0 radical (unpaired) electrons. The Balaban J connectivity index is 2.85. The molecular weight excluding hydrogens is 265 g/mol. The Morgan fingerprint density at radius 3 is 2.45 bits per heavy atom. The van der Waals surface area contributed by atoms with Crippen molar-refractivity contribution in [3.05, 3.63) is 0 Å². The Morgan fingerprint density at radius 2 is 2.00 bits per heavy atom. The van der Waals surface area contributed by atoms with E-state index in [0.717, 1.165) is 0 Å². The summed E-state index contributed by atoms with van der Waals surface area (Å²) in [5, 5.41) is 0. The maximum Gasteiger partial charge on any atom is 0.410 e. The molecule has 0 aromatic heterocycles. The number of likely N-dealkylation sites (tertiary alicyclic amines) is 1. The van der Waals surface area contributed by atoms with E-state index in [2.05, 4.69) is 0 Å². The quantitative estimate of drug-likeness (QED) is 0.732. The SMILES string of the molecule is COC(=O)C1(C)CN(C(=O)OC(C)(C)C)CCC1CF. The fraction of sp³-hybridized carbons (Fsp3) is 0.857. The Kier molecular flexibility index (Phi) is 5.00. The minimum atomic E-state index is -1.03. The van der Waals surface area contributed by atoms with Crippen LogP contribution in [0.2, 0.25) is 0 Å². The molecule has 1 rings (SSSR count). The molecule has 20 heavy (non-hydrogen) atoms. The molecule has 1 fully saturated rings. The summed E-state index contributed by atoms with van der Waals surface area (Å²) < 4.78 is 23.2. The number of alkyl halides is 1. The van der Waals surface area contributed by atoms with E-state index < -0.39 is 35.7 Å². The van der Waals surface area contributed by atoms with E-state index in [0.29, 0.717) is 13.0 Å². The first-order chi connectivity index (χ1) is 9.14. The van der Waals surface area contributed by atoms with Gasteiger partial charge in [0, 0.05) is 19.0 Å². The minimum Gasteiger partial charge on any atom is -0.469 e. The molecule has 116 valence electrons. The number of hydrogen-bond donors (Lipinski definition) is 0. The lowest BCUT2D eigenvalue weighted by Crippen LogP contribution is -2.54. The average Bonchev–Trinajstić information content (AvgIpc) is 2.35. The number of nitrogens with zero attached hydrogens (tertiary/aromatic N) is 1. The van der Waals surface area contributed by atoms with E-state index in [1.165, 1.54) is 12.0 Å². The van der Waals surface area contributed by atoms with Gasteiger partial charge in [-0.05, 0) is 34.1 Å². The number of rotatable bonds is 2. The molecule has 2 atom stereocenters. The molecule has 1 amide bonds. The molecule has 1 saturated heterocycles. The summed E-state index contributed by atoms with van der Waals surface area (Å²) in [6.45, 7) is 6.86. The van der Waals surface area contributed by atoms with Crippen molar-refractivity contribution in [2.24, 2.45) is 11.3 Å². The van der Waals surface area contributed by atoms with Crippen molar-refractivity contribution in [1.82, 2.24) is 4.90 Å². The van der Waals surface area contributed by atoms with Crippen molar-refractivity contribution in [2.45, 2.75) is 39.7 Å². The second kappa shape index (κ2) is 5.97. The number of hydrogen-bond acceptors (Lipinski definition) is 4. The Labute approximate surface area is 119 Å². The van der Waals surface area contributed by atoms with Gasteiger partial charge in [0.1, 0.15) is 5.60 Å². The third-order valence-corrected chi connectivity index (χ3v) is 3.66. The molecule has 1 aliphatic rings. The van der Waals surface area contributed by atoms with Gasteiger partial charge in [0.2, 0.25) is 0 Å². The van der Waals surface area contributed by atoms with Gasteiger partial charge < -0.3 is 14.4 Å². The van der Waals surface area contributed by atoms with Crippen LogP contribution in [0.25, 0.3) is 0 Å². The first-order valence-corrected chi connectivity index (χ1v) is 6.76. The van der Waals surface area contributed by atoms with Crippen molar-refractivity contribution in [1.29, 1.82) is 0 Å². The first-order valence-electron chi connectivity index (χ1n) is 6.76. The highest BCUT2D eigenvalue weighted by atomic mass is 19.1. The van der Waals surface area contributed by atoms with Crippen LogP contribution in [-0.2, 0) is 14.3 Å². The fourth-order valence-corrected chi connectivity index (χ4v) is 2.43. The Hall–Kier alpha value is -1.33. The summed E-state index contributed by atoms with van der Waals surface area (Å²) in [4.78, 5) is 25.5. The van der Waals surface area contributed by atoms with Gasteiger partial charge in [0.05, 0.1) is 19.2 Å².